The minimum Gasteiger partial charge on any atom is -0.457 e. The van der Waals surface area contributed by atoms with Crippen LogP contribution in [0.1, 0.15) is 10.8 Å². The molecule has 2 aromatic carbocycles. The monoisotopic (exact) mass is 399 g/mol. The molecule has 4 aromatic rings. The van der Waals surface area contributed by atoms with Crippen LogP contribution < -0.4 is 0 Å². The highest BCUT2D eigenvalue weighted by Crippen LogP contribution is 2.30. The molecule has 0 aliphatic carbocycles. The zero-order valence-corrected chi connectivity index (χ0v) is 15.8. The van der Waals surface area contributed by atoms with Gasteiger partial charge < -0.3 is 4.42 Å². The molecular weight excluding hydrogens is 386 g/mol. The fourth-order valence-electron chi connectivity index (χ4n) is 2.78. The summed E-state index contributed by atoms with van der Waals surface area (Å²) in [5.74, 6) is 0.959. The zero-order chi connectivity index (χ0) is 20.2. The van der Waals surface area contributed by atoms with Crippen LogP contribution in [0.3, 0.4) is 0 Å². The van der Waals surface area contributed by atoms with Crippen LogP contribution in [0.2, 0.25) is 0 Å². The smallest absolute Gasteiger partial charge is 0.270 e. The second-order valence-corrected chi connectivity index (χ2v) is 6.94. The number of furan rings is 1. The van der Waals surface area contributed by atoms with E-state index in [0.717, 1.165) is 11.3 Å². The Hall–Kier alpha value is -4.02. The SMILES string of the molecule is N#C/C(=C\c1ccc(-c2cccc([N+](=O)[O-])c2)o1)c1nc(-c2ccccc2)cs1. The van der Waals surface area contributed by atoms with Gasteiger partial charge in [-0.05, 0) is 12.1 Å². The molecule has 0 bridgehead atoms. The predicted molar refractivity (Wildman–Crippen MR) is 112 cm³/mol. The molecule has 140 valence electrons. The quantitative estimate of drug-likeness (QED) is 0.232. The fraction of sp³-hybridized carbons (Fsp3) is 0. The van der Waals surface area contributed by atoms with Crippen molar-refractivity contribution in [1.29, 1.82) is 5.26 Å². The minimum atomic E-state index is -0.451. The van der Waals surface area contributed by atoms with Gasteiger partial charge >= 0.3 is 0 Å². The average Bonchev–Trinajstić information content (AvgIpc) is 3.43. The second kappa shape index (κ2) is 7.92. The van der Waals surface area contributed by atoms with Crippen molar-refractivity contribution < 1.29 is 9.34 Å². The van der Waals surface area contributed by atoms with Gasteiger partial charge in [-0.3, -0.25) is 10.1 Å². The van der Waals surface area contributed by atoms with E-state index in [4.69, 9.17) is 4.42 Å². The summed E-state index contributed by atoms with van der Waals surface area (Å²) in [7, 11) is 0. The van der Waals surface area contributed by atoms with Crippen LogP contribution >= 0.6 is 11.3 Å². The van der Waals surface area contributed by atoms with E-state index in [-0.39, 0.29) is 5.69 Å². The first-order valence-electron chi connectivity index (χ1n) is 8.62. The number of hydrogen-bond acceptors (Lipinski definition) is 6. The summed E-state index contributed by atoms with van der Waals surface area (Å²) in [6.45, 7) is 0. The number of thiazole rings is 1. The van der Waals surface area contributed by atoms with Gasteiger partial charge in [0.25, 0.3) is 5.69 Å². The highest BCUT2D eigenvalue weighted by molar-refractivity contribution is 7.11. The Morgan fingerprint density at radius 1 is 1.10 bits per heavy atom. The van der Waals surface area contributed by atoms with E-state index in [1.807, 2.05) is 35.7 Å². The molecule has 0 aliphatic heterocycles. The van der Waals surface area contributed by atoms with Crippen LogP contribution in [0.25, 0.3) is 34.2 Å². The molecule has 0 unspecified atom stereocenters. The molecule has 0 fully saturated rings. The number of rotatable bonds is 5. The number of allylic oxidation sites excluding steroid dienone is 1. The molecule has 0 N–H and O–H groups in total. The van der Waals surface area contributed by atoms with E-state index in [0.29, 0.717) is 27.7 Å². The number of nitro benzene ring substituents is 1. The Morgan fingerprint density at radius 3 is 2.66 bits per heavy atom. The van der Waals surface area contributed by atoms with Crippen molar-refractivity contribution >= 4 is 28.7 Å². The number of aromatic nitrogens is 1. The van der Waals surface area contributed by atoms with Crippen LogP contribution in [-0.4, -0.2) is 9.91 Å². The first kappa shape index (κ1) is 18.3. The van der Waals surface area contributed by atoms with Crippen LogP contribution in [0, 0.1) is 21.4 Å². The normalized spacial score (nSPS) is 11.2. The van der Waals surface area contributed by atoms with E-state index in [2.05, 4.69) is 11.1 Å². The molecule has 0 atom stereocenters. The fourth-order valence-corrected chi connectivity index (χ4v) is 3.58. The third kappa shape index (κ3) is 3.98. The first-order valence-corrected chi connectivity index (χ1v) is 9.50. The van der Waals surface area contributed by atoms with Crippen molar-refractivity contribution in [2.45, 2.75) is 0 Å². The van der Waals surface area contributed by atoms with Gasteiger partial charge in [0.15, 0.2) is 0 Å². The Balaban J connectivity index is 1.62. The molecule has 0 saturated carbocycles. The highest BCUT2D eigenvalue weighted by atomic mass is 32.1. The van der Waals surface area contributed by atoms with Crippen molar-refractivity contribution in [2.24, 2.45) is 0 Å². The summed E-state index contributed by atoms with van der Waals surface area (Å²) >= 11 is 1.39. The van der Waals surface area contributed by atoms with E-state index >= 15 is 0 Å². The topological polar surface area (TPSA) is 93.0 Å². The van der Waals surface area contributed by atoms with Crippen molar-refractivity contribution in [3.05, 3.63) is 93.0 Å². The molecule has 4 rings (SSSR count). The summed E-state index contributed by atoms with van der Waals surface area (Å²) in [6, 6.07) is 21.6. The third-order valence-electron chi connectivity index (χ3n) is 4.18. The molecule has 0 aliphatic rings. The number of nitriles is 1. The Bertz CT molecular complexity index is 1250. The molecule has 7 heteroatoms. The number of benzene rings is 2. The van der Waals surface area contributed by atoms with Crippen molar-refractivity contribution in [2.75, 3.05) is 0 Å². The number of nitro groups is 1. The Labute approximate surface area is 170 Å². The summed E-state index contributed by atoms with van der Waals surface area (Å²) in [6.07, 6.45) is 1.62. The third-order valence-corrected chi connectivity index (χ3v) is 5.06. The maximum Gasteiger partial charge on any atom is 0.270 e. The van der Waals surface area contributed by atoms with Crippen molar-refractivity contribution in [3.8, 4) is 28.7 Å². The van der Waals surface area contributed by atoms with Crippen molar-refractivity contribution in [1.82, 2.24) is 4.98 Å². The molecular formula is C22H13N3O3S. The van der Waals surface area contributed by atoms with Crippen LogP contribution in [-0.2, 0) is 0 Å². The lowest BCUT2D eigenvalue weighted by atomic mass is 10.1. The maximum absolute atomic E-state index is 11.0. The van der Waals surface area contributed by atoms with E-state index < -0.39 is 4.92 Å². The predicted octanol–water partition coefficient (Wildman–Crippen LogP) is 6.04. The van der Waals surface area contributed by atoms with Gasteiger partial charge in [-0.1, -0.05) is 42.5 Å². The van der Waals surface area contributed by atoms with Gasteiger partial charge in [0.2, 0.25) is 0 Å². The summed E-state index contributed by atoms with van der Waals surface area (Å²) in [5, 5.41) is 23.0. The van der Waals surface area contributed by atoms with Gasteiger partial charge in [0.1, 0.15) is 22.6 Å². The summed E-state index contributed by atoms with van der Waals surface area (Å²) in [4.78, 5) is 15.1. The summed E-state index contributed by atoms with van der Waals surface area (Å²) in [5.41, 5.74) is 2.77. The second-order valence-electron chi connectivity index (χ2n) is 6.08. The van der Waals surface area contributed by atoms with Gasteiger partial charge in [-0.25, -0.2) is 4.98 Å². The van der Waals surface area contributed by atoms with Crippen LogP contribution in [0.5, 0.6) is 0 Å². The molecule has 29 heavy (non-hydrogen) atoms. The molecule has 2 heterocycles. The van der Waals surface area contributed by atoms with Gasteiger partial charge in [0, 0.05) is 34.7 Å². The highest BCUT2D eigenvalue weighted by Gasteiger charge is 2.12. The molecule has 2 aromatic heterocycles. The lowest BCUT2D eigenvalue weighted by molar-refractivity contribution is -0.384. The molecule has 0 spiro atoms. The largest absolute Gasteiger partial charge is 0.457 e. The van der Waals surface area contributed by atoms with Gasteiger partial charge in [-0.15, -0.1) is 11.3 Å². The van der Waals surface area contributed by atoms with Gasteiger partial charge in [-0.2, -0.15) is 5.26 Å². The van der Waals surface area contributed by atoms with Crippen molar-refractivity contribution in [3.63, 3.8) is 0 Å². The van der Waals surface area contributed by atoms with Crippen LogP contribution in [0.15, 0.2) is 76.5 Å². The number of nitrogens with zero attached hydrogens (tertiary/aromatic N) is 3. The van der Waals surface area contributed by atoms with E-state index in [9.17, 15) is 15.4 Å². The average molecular weight is 399 g/mol. The molecule has 0 radical (unpaired) electrons. The summed E-state index contributed by atoms with van der Waals surface area (Å²) < 4.78 is 5.78. The van der Waals surface area contributed by atoms with E-state index in [1.165, 1.54) is 23.5 Å². The first-order chi connectivity index (χ1) is 14.1. The number of non-ortho nitro benzene ring substituents is 1. The number of hydrogen-bond donors (Lipinski definition) is 0. The zero-order valence-electron chi connectivity index (χ0n) is 15.0. The van der Waals surface area contributed by atoms with Crippen LogP contribution in [0.4, 0.5) is 5.69 Å². The lowest BCUT2D eigenvalue weighted by Crippen LogP contribution is -1.87. The Kier molecular flexibility index (Phi) is 5.01. The minimum absolute atomic E-state index is 0.00932. The maximum atomic E-state index is 11.0. The lowest BCUT2D eigenvalue weighted by Gasteiger charge is -1.97. The molecule has 0 saturated heterocycles. The molecule has 6 nitrogen and oxygen atoms in total. The van der Waals surface area contributed by atoms with E-state index in [1.54, 1.807) is 30.3 Å². The Morgan fingerprint density at radius 2 is 1.90 bits per heavy atom. The molecule has 0 amide bonds. The standard InChI is InChI=1S/C22H13N3O3S/c23-13-17(22-24-20(14-29-22)15-5-2-1-3-6-15)12-19-9-10-21(28-19)16-7-4-8-18(11-16)25(26)27/h1-12,14H/b17-12+. The van der Waals surface area contributed by atoms with Gasteiger partial charge in [0.05, 0.1) is 16.2 Å².